The Hall–Kier alpha value is -0.770. The molecule has 0 aromatic carbocycles. The third-order valence-corrected chi connectivity index (χ3v) is 2.27. The van der Waals surface area contributed by atoms with Crippen LogP contribution >= 0.6 is 0 Å². The number of amides is 2. The molecule has 1 heterocycles. The Labute approximate surface area is 85.4 Å². The Kier molecular flexibility index (Phi) is 4.73. The normalized spacial score (nSPS) is 21.2. The van der Waals surface area contributed by atoms with Gasteiger partial charge >= 0.3 is 6.03 Å². The number of rotatable bonds is 4. The number of hydrogen-bond donors (Lipinski definition) is 2. The van der Waals surface area contributed by atoms with Crippen molar-refractivity contribution in [2.75, 3.05) is 19.8 Å². The number of urea groups is 1. The van der Waals surface area contributed by atoms with Gasteiger partial charge in [0.15, 0.2) is 0 Å². The molecule has 0 spiro atoms. The van der Waals surface area contributed by atoms with E-state index < -0.39 is 0 Å². The van der Waals surface area contributed by atoms with Crippen LogP contribution in [0.3, 0.4) is 0 Å². The zero-order chi connectivity index (χ0) is 10.4. The highest BCUT2D eigenvalue weighted by molar-refractivity contribution is 5.74. The van der Waals surface area contributed by atoms with E-state index in [0.717, 1.165) is 26.0 Å². The van der Waals surface area contributed by atoms with Gasteiger partial charge in [0.2, 0.25) is 0 Å². The highest BCUT2D eigenvalue weighted by atomic mass is 16.5. The van der Waals surface area contributed by atoms with Gasteiger partial charge in [-0.15, -0.1) is 0 Å². The summed E-state index contributed by atoms with van der Waals surface area (Å²) in [4.78, 5) is 11.3. The van der Waals surface area contributed by atoms with Crippen LogP contribution in [0.1, 0.15) is 26.7 Å². The molecule has 82 valence electrons. The minimum Gasteiger partial charge on any atom is -0.379 e. The number of carbonyl (C=O) groups excluding carboxylic acids is 1. The summed E-state index contributed by atoms with van der Waals surface area (Å²) in [7, 11) is 0. The van der Waals surface area contributed by atoms with Gasteiger partial charge in [-0.05, 0) is 18.8 Å². The molecule has 0 aromatic heterocycles. The Bertz CT molecular complexity index is 177. The number of nitrogens with one attached hydrogen (secondary N) is 2. The molecule has 0 aromatic rings. The van der Waals surface area contributed by atoms with Crippen molar-refractivity contribution in [2.45, 2.75) is 32.7 Å². The van der Waals surface area contributed by atoms with E-state index >= 15 is 0 Å². The first-order valence-electron chi connectivity index (χ1n) is 5.30. The number of hydrogen-bond acceptors (Lipinski definition) is 2. The standard InChI is InChI=1S/C10H20N2O2/c1-8(2)3-5-11-10(13)12-9-4-6-14-7-9/h8-9H,3-7H2,1-2H3,(H2,11,12,13). The summed E-state index contributed by atoms with van der Waals surface area (Å²) in [6.07, 6.45) is 1.95. The van der Waals surface area contributed by atoms with Gasteiger partial charge in [-0.3, -0.25) is 0 Å². The second-order valence-electron chi connectivity index (χ2n) is 4.14. The van der Waals surface area contributed by atoms with E-state index in [0.29, 0.717) is 12.5 Å². The van der Waals surface area contributed by atoms with Gasteiger partial charge in [0.05, 0.1) is 12.6 Å². The average Bonchev–Trinajstić information content (AvgIpc) is 2.56. The zero-order valence-electron chi connectivity index (χ0n) is 9.01. The summed E-state index contributed by atoms with van der Waals surface area (Å²) in [6.45, 7) is 6.44. The van der Waals surface area contributed by atoms with Crippen LogP contribution < -0.4 is 10.6 Å². The third-order valence-electron chi connectivity index (χ3n) is 2.27. The van der Waals surface area contributed by atoms with Gasteiger partial charge in [-0.25, -0.2) is 4.79 Å². The molecular weight excluding hydrogens is 180 g/mol. The largest absolute Gasteiger partial charge is 0.379 e. The fourth-order valence-corrected chi connectivity index (χ4v) is 1.36. The summed E-state index contributed by atoms with van der Waals surface area (Å²) < 4.78 is 5.16. The summed E-state index contributed by atoms with van der Waals surface area (Å²) in [5.74, 6) is 0.630. The van der Waals surface area contributed by atoms with Crippen molar-refractivity contribution >= 4 is 6.03 Å². The minimum atomic E-state index is -0.0684. The number of ether oxygens (including phenoxy) is 1. The van der Waals surface area contributed by atoms with Gasteiger partial charge < -0.3 is 15.4 Å². The summed E-state index contributed by atoms with van der Waals surface area (Å²) in [5, 5.41) is 5.71. The van der Waals surface area contributed by atoms with Gasteiger partial charge in [0, 0.05) is 13.2 Å². The van der Waals surface area contributed by atoms with Crippen LogP contribution in [0.5, 0.6) is 0 Å². The molecule has 0 saturated carbocycles. The molecule has 0 aliphatic carbocycles. The van der Waals surface area contributed by atoms with Crippen molar-refractivity contribution in [1.29, 1.82) is 0 Å². The molecule has 0 bridgehead atoms. The van der Waals surface area contributed by atoms with Crippen molar-refractivity contribution in [3.05, 3.63) is 0 Å². The maximum atomic E-state index is 11.3. The van der Waals surface area contributed by atoms with Crippen LogP contribution in [0.15, 0.2) is 0 Å². The molecule has 14 heavy (non-hydrogen) atoms. The molecule has 1 unspecified atom stereocenters. The first-order valence-corrected chi connectivity index (χ1v) is 5.30. The van der Waals surface area contributed by atoms with E-state index in [2.05, 4.69) is 24.5 Å². The molecule has 0 radical (unpaired) electrons. The Balaban J connectivity index is 2.03. The highest BCUT2D eigenvalue weighted by Crippen LogP contribution is 2.02. The van der Waals surface area contributed by atoms with Crippen LogP contribution in [0.4, 0.5) is 4.79 Å². The van der Waals surface area contributed by atoms with Crippen LogP contribution in [-0.2, 0) is 4.74 Å². The zero-order valence-corrected chi connectivity index (χ0v) is 9.01. The predicted molar refractivity (Wildman–Crippen MR) is 55.2 cm³/mol. The summed E-state index contributed by atoms with van der Waals surface area (Å²) in [6, 6.07) is 0.134. The van der Waals surface area contributed by atoms with E-state index in [9.17, 15) is 4.79 Å². The molecule has 1 saturated heterocycles. The lowest BCUT2D eigenvalue weighted by atomic mass is 10.1. The molecule has 4 heteroatoms. The lowest BCUT2D eigenvalue weighted by molar-refractivity contribution is 0.188. The van der Waals surface area contributed by atoms with E-state index in [1.54, 1.807) is 0 Å². The first-order chi connectivity index (χ1) is 6.68. The molecule has 2 amide bonds. The molecule has 4 nitrogen and oxygen atoms in total. The molecular formula is C10H20N2O2. The topological polar surface area (TPSA) is 50.4 Å². The molecule has 1 fully saturated rings. The van der Waals surface area contributed by atoms with E-state index in [-0.39, 0.29) is 12.1 Å². The van der Waals surface area contributed by atoms with Crippen LogP contribution in [0.2, 0.25) is 0 Å². The Morgan fingerprint density at radius 3 is 2.93 bits per heavy atom. The Morgan fingerprint density at radius 1 is 1.57 bits per heavy atom. The summed E-state index contributed by atoms with van der Waals surface area (Å²) >= 11 is 0. The highest BCUT2D eigenvalue weighted by Gasteiger charge is 2.17. The van der Waals surface area contributed by atoms with Crippen molar-refractivity contribution in [3.63, 3.8) is 0 Å². The minimum absolute atomic E-state index is 0.0684. The van der Waals surface area contributed by atoms with Gasteiger partial charge in [-0.1, -0.05) is 13.8 Å². The molecule has 2 N–H and O–H groups in total. The maximum Gasteiger partial charge on any atom is 0.315 e. The second kappa shape index (κ2) is 5.86. The van der Waals surface area contributed by atoms with E-state index in [1.165, 1.54) is 0 Å². The van der Waals surface area contributed by atoms with Gasteiger partial charge in [0.25, 0.3) is 0 Å². The maximum absolute atomic E-state index is 11.3. The van der Waals surface area contributed by atoms with Crippen molar-refractivity contribution in [1.82, 2.24) is 10.6 Å². The fourth-order valence-electron chi connectivity index (χ4n) is 1.36. The fraction of sp³-hybridized carbons (Fsp3) is 0.900. The molecule has 1 aliphatic rings. The lowest BCUT2D eigenvalue weighted by Crippen LogP contribution is -2.42. The SMILES string of the molecule is CC(C)CCNC(=O)NC1CCOC1. The first kappa shape index (κ1) is 11.3. The molecule has 1 aliphatic heterocycles. The van der Waals surface area contributed by atoms with Crippen molar-refractivity contribution in [3.8, 4) is 0 Å². The lowest BCUT2D eigenvalue weighted by Gasteiger charge is -2.12. The van der Waals surface area contributed by atoms with Gasteiger partial charge in [0.1, 0.15) is 0 Å². The Morgan fingerprint density at radius 2 is 2.36 bits per heavy atom. The average molecular weight is 200 g/mol. The predicted octanol–water partition coefficient (Wildman–Crippen LogP) is 1.12. The molecule has 1 rings (SSSR count). The second-order valence-corrected chi connectivity index (χ2v) is 4.14. The molecule has 1 atom stereocenters. The van der Waals surface area contributed by atoms with E-state index in [4.69, 9.17) is 4.74 Å². The van der Waals surface area contributed by atoms with Crippen LogP contribution in [0.25, 0.3) is 0 Å². The summed E-state index contributed by atoms with van der Waals surface area (Å²) in [5.41, 5.74) is 0. The third kappa shape index (κ3) is 4.46. The van der Waals surface area contributed by atoms with Crippen LogP contribution in [-0.4, -0.2) is 31.8 Å². The number of carbonyl (C=O) groups is 1. The van der Waals surface area contributed by atoms with Gasteiger partial charge in [-0.2, -0.15) is 0 Å². The monoisotopic (exact) mass is 200 g/mol. The van der Waals surface area contributed by atoms with Crippen molar-refractivity contribution in [2.24, 2.45) is 5.92 Å². The quantitative estimate of drug-likeness (QED) is 0.714. The van der Waals surface area contributed by atoms with Crippen molar-refractivity contribution < 1.29 is 9.53 Å². The van der Waals surface area contributed by atoms with Crippen LogP contribution in [0, 0.1) is 5.92 Å². The smallest absolute Gasteiger partial charge is 0.315 e. The van der Waals surface area contributed by atoms with E-state index in [1.807, 2.05) is 0 Å².